The highest BCUT2D eigenvalue weighted by atomic mass is 16.5. The Labute approximate surface area is 147 Å². The summed E-state index contributed by atoms with van der Waals surface area (Å²) >= 11 is 0. The van der Waals surface area contributed by atoms with Gasteiger partial charge in [0.05, 0.1) is 30.2 Å². The highest BCUT2D eigenvalue weighted by Gasteiger charge is 2.23. The minimum Gasteiger partial charge on any atom is -0.375 e. The molecular weight excluding hydrogens is 318 g/mol. The van der Waals surface area contributed by atoms with E-state index in [1.54, 1.807) is 6.33 Å². The van der Waals surface area contributed by atoms with Crippen molar-refractivity contribution in [1.29, 1.82) is 0 Å². The third-order valence-electron chi connectivity index (χ3n) is 4.62. The number of morpholine rings is 1. The largest absolute Gasteiger partial charge is 0.375 e. The van der Waals surface area contributed by atoms with Gasteiger partial charge in [0, 0.05) is 37.7 Å². The average molecular weight is 341 g/mol. The van der Waals surface area contributed by atoms with Gasteiger partial charge in [-0.1, -0.05) is 6.08 Å². The van der Waals surface area contributed by atoms with Gasteiger partial charge in [0.1, 0.15) is 17.8 Å². The number of H-pyrrole nitrogens is 1. The van der Waals surface area contributed by atoms with Crippen LogP contribution in [0.3, 0.4) is 0 Å². The van der Waals surface area contributed by atoms with Crippen molar-refractivity contribution in [1.82, 2.24) is 20.2 Å². The van der Waals surface area contributed by atoms with E-state index < -0.39 is 0 Å². The molecule has 2 unspecified atom stereocenters. The molecule has 1 fully saturated rings. The van der Waals surface area contributed by atoms with Gasteiger partial charge >= 0.3 is 0 Å². The molecule has 3 heterocycles. The van der Waals surface area contributed by atoms with Crippen LogP contribution in [0.1, 0.15) is 25.1 Å². The Hall–Kier alpha value is -2.25. The fraction of sp³-hybridized carbons (Fsp3) is 0.500. The molecule has 25 heavy (non-hydrogen) atoms. The Morgan fingerprint density at radius 1 is 1.40 bits per heavy atom. The Bertz CT molecular complexity index is 773. The summed E-state index contributed by atoms with van der Waals surface area (Å²) in [7, 11) is 0. The number of anilines is 1. The monoisotopic (exact) mass is 341 g/mol. The zero-order valence-electron chi connectivity index (χ0n) is 14.6. The second kappa shape index (κ2) is 6.93. The van der Waals surface area contributed by atoms with Gasteiger partial charge in [-0.3, -0.25) is 5.10 Å². The smallest absolute Gasteiger partial charge is 0.132 e. The van der Waals surface area contributed by atoms with E-state index in [9.17, 15) is 0 Å². The molecule has 2 aromatic rings. The van der Waals surface area contributed by atoms with Crippen LogP contribution in [0.15, 0.2) is 18.5 Å². The Balaban J connectivity index is 1.62. The van der Waals surface area contributed by atoms with Crippen LogP contribution >= 0.6 is 0 Å². The lowest BCUT2D eigenvalue weighted by Gasteiger charge is -2.32. The molecule has 0 saturated carbocycles. The molecule has 1 aliphatic carbocycles. The quantitative estimate of drug-likeness (QED) is 0.917. The number of nitrogens with one attached hydrogen (secondary N) is 1. The first-order valence-corrected chi connectivity index (χ1v) is 8.80. The minimum atomic E-state index is 0.0928. The second-order valence-electron chi connectivity index (χ2n) is 6.41. The Morgan fingerprint density at radius 2 is 2.32 bits per heavy atom. The van der Waals surface area contributed by atoms with Crippen LogP contribution in [-0.2, 0) is 15.9 Å². The predicted molar refractivity (Wildman–Crippen MR) is 95.4 cm³/mol. The van der Waals surface area contributed by atoms with Crippen LogP contribution in [0.2, 0.25) is 0 Å². The summed E-state index contributed by atoms with van der Waals surface area (Å²) in [5.74, 6) is 0.921. The summed E-state index contributed by atoms with van der Waals surface area (Å²) in [6.45, 7) is 7.20. The summed E-state index contributed by atoms with van der Waals surface area (Å²) in [4.78, 5) is 11.1. The molecule has 2 atom stereocenters. The maximum atomic E-state index is 5.75. The zero-order chi connectivity index (χ0) is 17.2. The lowest BCUT2D eigenvalue weighted by atomic mass is 9.98. The molecule has 0 aromatic carbocycles. The van der Waals surface area contributed by atoms with Crippen LogP contribution in [0.5, 0.6) is 0 Å². The van der Waals surface area contributed by atoms with Gasteiger partial charge in [-0.05, 0) is 19.9 Å². The van der Waals surface area contributed by atoms with Gasteiger partial charge in [-0.2, -0.15) is 5.10 Å². The highest BCUT2D eigenvalue weighted by Crippen LogP contribution is 2.29. The molecule has 1 saturated heterocycles. The highest BCUT2D eigenvalue weighted by molar-refractivity contribution is 5.69. The van der Waals surface area contributed by atoms with Crippen molar-refractivity contribution in [3.05, 3.63) is 29.7 Å². The van der Waals surface area contributed by atoms with Gasteiger partial charge in [0.15, 0.2) is 0 Å². The van der Waals surface area contributed by atoms with Gasteiger partial charge < -0.3 is 14.4 Å². The average Bonchev–Trinajstić information content (AvgIpc) is 3.05. The number of aromatic nitrogens is 4. The lowest BCUT2D eigenvalue weighted by Crippen LogP contribution is -2.41. The zero-order valence-corrected chi connectivity index (χ0v) is 14.6. The summed E-state index contributed by atoms with van der Waals surface area (Å²) in [5.41, 5.74) is 3.91. The first-order chi connectivity index (χ1) is 12.2. The number of hydrogen-bond acceptors (Lipinski definition) is 6. The predicted octanol–water partition coefficient (Wildman–Crippen LogP) is 2.07. The lowest BCUT2D eigenvalue weighted by molar-refractivity contribution is 0.0529. The van der Waals surface area contributed by atoms with Crippen LogP contribution in [0.4, 0.5) is 5.82 Å². The van der Waals surface area contributed by atoms with E-state index in [2.05, 4.69) is 38.1 Å². The van der Waals surface area contributed by atoms with Crippen LogP contribution in [-0.4, -0.2) is 58.7 Å². The van der Waals surface area contributed by atoms with Gasteiger partial charge in [0.2, 0.25) is 0 Å². The number of ether oxygens (including phenoxy) is 2. The minimum absolute atomic E-state index is 0.0928. The molecule has 2 aromatic heterocycles. The van der Waals surface area contributed by atoms with Crippen molar-refractivity contribution < 1.29 is 9.47 Å². The molecule has 0 amide bonds. The fourth-order valence-electron chi connectivity index (χ4n) is 3.41. The number of nitrogens with zero attached hydrogens (tertiary/aromatic N) is 4. The maximum Gasteiger partial charge on any atom is 0.132 e. The number of hydrogen-bond donors (Lipinski definition) is 1. The maximum absolute atomic E-state index is 5.75. The van der Waals surface area contributed by atoms with Gasteiger partial charge in [-0.25, -0.2) is 9.97 Å². The van der Waals surface area contributed by atoms with E-state index in [4.69, 9.17) is 9.47 Å². The standard InChI is InChI=1S/C18H23N5O2/c1-3-24-13-4-5-15-14(8-13)18(22-21-15)16-9-17(20-11-19-16)23-6-7-25-12(2)10-23/h4-5,9,11-13H,3,6-8,10H2,1-2H3,(H,21,22). The topological polar surface area (TPSA) is 76.2 Å². The summed E-state index contributed by atoms with van der Waals surface area (Å²) in [5, 5.41) is 7.61. The Kier molecular flexibility index (Phi) is 4.50. The Morgan fingerprint density at radius 3 is 3.16 bits per heavy atom. The number of rotatable bonds is 4. The molecule has 0 bridgehead atoms. The van der Waals surface area contributed by atoms with Crippen molar-refractivity contribution in [3.63, 3.8) is 0 Å². The van der Waals surface area contributed by atoms with Crippen molar-refractivity contribution >= 4 is 11.9 Å². The van der Waals surface area contributed by atoms with Crippen molar-refractivity contribution in [2.45, 2.75) is 32.5 Å². The van der Waals surface area contributed by atoms with Crippen LogP contribution in [0.25, 0.3) is 17.5 Å². The van der Waals surface area contributed by atoms with E-state index in [-0.39, 0.29) is 12.2 Å². The third-order valence-corrected chi connectivity index (χ3v) is 4.62. The first kappa shape index (κ1) is 16.2. The first-order valence-electron chi connectivity index (χ1n) is 8.80. The molecule has 7 heteroatoms. The van der Waals surface area contributed by atoms with Gasteiger partial charge in [-0.15, -0.1) is 0 Å². The second-order valence-corrected chi connectivity index (χ2v) is 6.41. The SMILES string of the molecule is CCOC1C=Cc2[nH]nc(-c3cc(N4CCOC(C)C4)ncn3)c2C1. The van der Waals surface area contributed by atoms with Gasteiger partial charge in [0.25, 0.3) is 0 Å². The van der Waals surface area contributed by atoms with Crippen LogP contribution < -0.4 is 4.90 Å². The molecule has 2 aliphatic rings. The van der Waals surface area contributed by atoms with Crippen molar-refractivity contribution in [2.24, 2.45) is 0 Å². The summed E-state index contributed by atoms with van der Waals surface area (Å²) < 4.78 is 11.4. The molecule has 7 nitrogen and oxygen atoms in total. The van der Waals surface area contributed by atoms with Crippen LogP contribution in [0, 0.1) is 0 Å². The van der Waals surface area contributed by atoms with E-state index >= 15 is 0 Å². The molecule has 0 radical (unpaired) electrons. The molecule has 0 spiro atoms. The van der Waals surface area contributed by atoms with E-state index in [0.29, 0.717) is 6.61 Å². The van der Waals surface area contributed by atoms with E-state index in [1.807, 2.05) is 19.1 Å². The summed E-state index contributed by atoms with van der Waals surface area (Å²) in [6, 6.07) is 2.02. The summed E-state index contributed by atoms with van der Waals surface area (Å²) in [6.07, 6.45) is 6.84. The van der Waals surface area contributed by atoms with E-state index in [1.165, 1.54) is 0 Å². The molecule has 1 N–H and O–H groups in total. The molecule has 4 rings (SSSR count). The normalized spacial score (nSPS) is 22.9. The van der Waals surface area contributed by atoms with Crippen molar-refractivity contribution in [2.75, 3.05) is 31.2 Å². The number of fused-ring (bicyclic) bond motifs is 1. The molecule has 132 valence electrons. The molecular formula is C18H23N5O2. The van der Waals surface area contributed by atoms with E-state index in [0.717, 1.165) is 54.6 Å². The fourth-order valence-corrected chi connectivity index (χ4v) is 3.41. The molecule has 1 aliphatic heterocycles. The van der Waals surface area contributed by atoms with Crippen molar-refractivity contribution in [3.8, 4) is 11.4 Å². The number of aromatic amines is 1. The third kappa shape index (κ3) is 3.29.